The number of halogens is 1. The predicted molar refractivity (Wildman–Crippen MR) is 63.9 cm³/mol. The van der Waals surface area contributed by atoms with E-state index in [9.17, 15) is 14.3 Å². The van der Waals surface area contributed by atoms with Crippen molar-refractivity contribution in [1.29, 1.82) is 0 Å². The number of likely N-dealkylation sites (tertiary alicyclic amines) is 1. The van der Waals surface area contributed by atoms with Crippen molar-refractivity contribution in [2.75, 3.05) is 20.2 Å². The van der Waals surface area contributed by atoms with Gasteiger partial charge in [0.05, 0.1) is 19.6 Å². The zero-order valence-electron chi connectivity index (χ0n) is 10.2. The van der Waals surface area contributed by atoms with Crippen molar-refractivity contribution in [2.45, 2.75) is 18.9 Å². The Hall–Kier alpha value is -1.62. The summed E-state index contributed by atoms with van der Waals surface area (Å²) in [5.74, 6) is -0.386. The van der Waals surface area contributed by atoms with Crippen LogP contribution in [0.25, 0.3) is 0 Å². The Morgan fingerprint density at radius 1 is 1.61 bits per heavy atom. The molecule has 4 nitrogen and oxygen atoms in total. The van der Waals surface area contributed by atoms with Crippen LogP contribution in [-0.2, 0) is 11.2 Å². The Kier molecular flexibility index (Phi) is 3.81. The number of hydrogen-bond donors (Lipinski definition) is 1. The lowest BCUT2D eigenvalue weighted by Gasteiger charge is -2.15. The Bertz CT molecular complexity index is 450. The molecule has 0 bridgehead atoms. The molecule has 0 saturated carbocycles. The zero-order valence-corrected chi connectivity index (χ0v) is 10.2. The van der Waals surface area contributed by atoms with Crippen LogP contribution in [0.15, 0.2) is 18.2 Å². The molecule has 1 aliphatic heterocycles. The number of rotatable bonds is 3. The first-order valence-corrected chi connectivity index (χ1v) is 5.88. The molecule has 0 aromatic heterocycles. The molecule has 0 radical (unpaired) electrons. The van der Waals surface area contributed by atoms with Crippen molar-refractivity contribution in [1.82, 2.24) is 4.90 Å². The van der Waals surface area contributed by atoms with Crippen LogP contribution < -0.4 is 4.74 Å². The molecule has 1 N–H and O–H groups in total. The van der Waals surface area contributed by atoms with Crippen molar-refractivity contribution in [3.05, 3.63) is 29.6 Å². The molecule has 18 heavy (non-hydrogen) atoms. The number of aliphatic hydroxyl groups is 1. The van der Waals surface area contributed by atoms with Crippen molar-refractivity contribution in [3.8, 4) is 5.75 Å². The average molecular weight is 253 g/mol. The number of carbonyl (C=O) groups excluding carboxylic acids is 1. The van der Waals surface area contributed by atoms with Gasteiger partial charge in [0.25, 0.3) is 0 Å². The van der Waals surface area contributed by atoms with Gasteiger partial charge < -0.3 is 14.7 Å². The van der Waals surface area contributed by atoms with E-state index in [-0.39, 0.29) is 18.1 Å². The van der Waals surface area contributed by atoms with Crippen LogP contribution in [0.3, 0.4) is 0 Å². The molecule has 0 unspecified atom stereocenters. The molecular weight excluding hydrogens is 237 g/mol. The van der Waals surface area contributed by atoms with E-state index in [1.165, 1.54) is 19.2 Å². The van der Waals surface area contributed by atoms with E-state index in [0.29, 0.717) is 25.1 Å². The van der Waals surface area contributed by atoms with E-state index in [1.54, 1.807) is 11.0 Å². The predicted octanol–water partition coefficient (Wildman–Crippen LogP) is 0.970. The monoisotopic (exact) mass is 253 g/mol. The maximum Gasteiger partial charge on any atom is 0.227 e. The summed E-state index contributed by atoms with van der Waals surface area (Å²) in [7, 11) is 1.40. The highest BCUT2D eigenvalue weighted by Gasteiger charge is 2.24. The fourth-order valence-corrected chi connectivity index (χ4v) is 2.07. The Morgan fingerprint density at radius 2 is 2.39 bits per heavy atom. The number of nitrogens with zero attached hydrogens (tertiary/aromatic N) is 1. The third kappa shape index (κ3) is 2.79. The van der Waals surface area contributed by atoms with Gasteiger partial charge in [0.1, 0.15) is 0 Å². The van der Waals surface area contributed by atoms with Gasteiger partial charge in [-0.2, -0.15) is 0 Å². The molecule has 1 aromatic carbocycles. The number of amides is 1. The summed E-state index contributed by atoms with van der Waals surface area (Å²) in [5.41, 5.74) is 0.611. The highest BCUT2D eigenvalue weighted by Crippen LogP contribution is 2.19. The van der Waals surface area contributed by atoms with Crippen molar-refractivity contribution >= 4 is 5.91 Å². The lowest BCUT2D eigenvalue weighted by molar-refractivity contribution is -0.129. The van der Waals surface area contributed by atoms with Crippen LogP contribution in [0.4, 0.5) is 4.39 Å². The maximum absolute atomic E-state index is 13.5. The molecule has 2 rings (SSSR count). The fourth-order valence-electron chi connectivity index (χ4n) is 2.07. The molecule has 1 aromatic rings. The second-order valence-electron chi connectivity index (χ2n) is 4.43. The summed E-state index contributed by atoms with van der Waals surface area (Å²) in [6.45, 7) is 0.941. The maximum atomic E-state index is 13.5. The molecule has 1 atom stereocenters. The molecule has 1 aliphatic rings. The third-order valence-electron chi connectivity index (χ3n) is 3.09. The zero-order chi connectivity index (χ0) is 13.1. The molecule has 0 aliphatic carbocycles. The number of aliphatic hydroxyl groups excluding tert-OH is 1. The summed E-state index contributed by atoms with van der Waals surface area (Å²) in [6.07, 6.45) is 0.331. The van der Waals surface area contributed by atoms with Crippen LogP contribution in [-0.4, -0.2) is 42.2 Å². The second kappa shape index (κ2) is 5.35. The summed E-state index contributed by atoms with van der Waals surface area (Å²) < 4.78 is 18.3. The van der Waals surface area contributed by atoms with Gasteiger partial charge in [0.2, 0.25) is 5.91 Å². The van der Waals surface area contributed by atoms with Gasteiger partial charge in [-0.05, 0) is 24.1 Å². The molecule has 1 heterocycles. The van der Waals surface area contributed by atoms with E-state index in [0.717, 1.165) is 0 Å². The van der Waals surface area contributed by atoms with Gasteiger partial charge in [-0.15, -0.1) is 0 Å². The van der Waals surface area contributed by atoms with Crippen LogP contribution in [0.2, 0.25) is 0 Å². The molecule has 5 heteroatoms. The normalized spacial score (nSPS) is 19.1. The first kappa shape index (κ1) is 12.8. The molecular formula is C13H16FNO3. The molecule has 1 amide bonds. The van der Waals surface area contributed by atoms with Gasteiger partial charge in [-0.1, -0.05) is 6.07 Å². The van der Waals surface area contributed by atoms with Crippen molar-refractivity contribution < 1.29 is 19.0 Å². The highest BCUT2D eigenvalue weighted by atomic mass is 19.1. The topological polar surface area (TPSA) is 49.8 Å². The lowest BCUT2D eigenvalue weighted by Crippen LogP contribution is -2.30. The minimum absolute atomic E-state index is 0.0869. The number of carbonyl (C=O) groups is 1. The summed E-state index contributed by atoms with van der Waals surface area (Å²) in [4.78, 5) is 13.5. The van der Waals surface area contributed by atoms with Crippen LogP contribution in [0.5, 0.6) is 5.75 Å². The summed E-state index contributed by atoms with van der Waals surface area (Å²) >= 11 is 0. The first-order valence-electron chi connectivity index (χ1n) is 5.88. The smallest absolute Gasteiger partial charge is 0.227 e. The lowest BCUT2D eigenvalue weighted by atomic mass is 10.1. The molecule has 0 spiro atoms. The molecule has 98 valence electrons. The Balaban J connectivity index is 2.01. The fraction of sp³-hybridized carbons (Fsp3) is 0.462. The first-order chi connectivity index (χ1) is 8.60. The second-order valence-corrected chi connectivity index (χ2v) is 4.43. The number of β-amino-alcohol motifs (C(OH)–C–C–N with tert-alkyl or cyclic N) is 1. The van der Waals surface area contributed by atoms with E-state index in [1.807, 2.05) is 0 Å². The highest BCUT2D eigenvalue weighted by molar-refractivity contribution is 5.79. The summed E-state index contributed by atoms with van der Waals surface area (Å²) in [5, 5.41) is 9.36. The van der Waals surface area contributed by atoms with Crippen LogP contribution in [0.1, 0.15) is 12.0 Å². The summed E-state index contributed by atoms with van der Waals surface area (Å²) in [6, 6.07) is 4.49. The van der Waals surface area contributed by atoms with Gasteiger partial charge in [-0.25, -0.2) is 4.39 Å². The van der Waals surface area contributed by atoms with Crippen molar-refractivity contribution in [2.24, 2.45) is 0 Å². The largest absolute Gasteiger partial charge is 0.494 e. The third-order valence-corrected chi connectivity index (χ3v) is 3.09. The minimum atomic E-state index is -0.468. The molecule has 1 fully saturated rings. The number of benzene rings is 1. The number of methoxy groups -OCH3 is 1. The number of ether oxygens (including phenoxy) is 1. The quantitative estimate of drug-likeness (QED) is 0.873. The SMILES string of the molecule is COc1ccc(CC(=O)N2CC[C@@H](O)C2)cc1F. The molecule has 1 saturated heterocycles. The van der Waals surface area contributed by atoms with E-state index in [2.05, 4.69) is 0 Å². The van der Waals surface area contributed by atoms with Gasteiger partial charge in [0.15, 0.2) is 11.6 Å². The van der Waals surface area contributed by atoms with E-state index < -0.39 is 11.9 Å². The standard InChI is InChI=1S/C13H16FNO3/c1-18-12-3-2-9(6-11(12)14)7-13(17)15-5-4-10(16)8-15/h2-3,6,10,16H,4-5,7-8H2,1H3/t10-/m1/s1. The van der Waals surface area contributed by atoms with E-state index in [4.69, 9.17) is 4.74 Å². The van der Waals surface area contributed by atoms with Crippen molar-refractivity contribution in [3.63, 3.8) is 0 Å². The number of hydrogen-bond acceptors (Lipinski definition) is 3. The average Bonchev–Trinajstić information content (AvgIpc) is 2.76. The van der Waals surface area contributed by atoms with Gasteiger partial charge in [0, 0.05) is 13.1 Å². The van der Waals surface area contributed by atoms with Crippen LogP contribution >= 0.6 is 0 Å². The minimum Gasteiger partial charge on any atom is -0.494 e. The Morgan fingerprint density at radius 3 is 2.94 bits per heavy atom. The van der Waals surface area contributed by atoms with E-state index >= 15 is 0 Å². The van der Waals surface area contributed by atoms with Crippen LogP contribution in [0, 0.1) is 5.82 Å². The van der Waals surface area contributed by atoms with Gasteiger partial charge >= 0.3 is 0 Å². The van der Waals surface area contributed by atoms with Gasteiger partial charge in [-0.3, -0.25) is 4.79 Å². The Labute approximate surface area is 105 Å².